The Morgan fingerprint density at radius 1 is 1.60 bits per heavy atom. The largest absolute Gasteiger partial charge is 0.302 e. The second-order valence-corrected chi connectivity index (χ2v) is 1.83. The molecule has 0 bridgehead atoms. The van der Waals surface area contributed by atoms with E-state index in [9.17, 15) is 0 Å². The number of hydrazine groups is 1. The number of hydrogen-bond donors (Lipinski definition) is 3. The van der Waals surface area contributed by atoms with E-state index < -0.39 is 0 Å². The van der Waals surface area contributed by atoms with Crippen molar-refractivity contribution in [3.05, 3.63) is 30.1 Å². The van der Waals surface area contributed by atoms with Gasteiger partial charge in [0.25, 0.3) is 0 Å². The molecule has 0 atom stereocenters. The summed E-state index contributed by atoms with van der Waals surface area (Å²) in [5.41, 5.74) is 5.39. The average Bonchev–Trinajstić information content (AvgIpc) is 2.03. The third-order valence-electron chi connectivity index (χ3n) is 1.09. The molecule has 0 fully saturated rings. The van der Waals surface area contributed by atoms with Gasteiger partial charge in [-0.05, 0) is 11.6 Å². The Morgan fingerprint density at radius 2 is 2.50 bits per heavy atom. The standard InChI is InChI=1S/C6H9N3O/c10-9-8-5-6-2-1-3-7-4-6/h1-4,8-10H,5H2. The fourth-order valence-electron chi connectivity index (χ4n) is 0.644. The van der Waals surface area contributed by atoms with Gasteiger partial charge in [-0.15, -0.1) is 5.59 Å². The van der Waals surface area contributed by atoms with Crippen molar-refractivity contribution in [1.29, 1.82) is 0 Å². The predicted octanol–water partition coefficient (Wildman–Crippen LogP) is 0.0650. The normalized spacial score (nSPS) is 9.70. The van der Waals surface area contributed by atoms with Gasteiger partial charge in [0.05, 0.1) is 0 Å². The highest BCUT2D eigenvalue weighted by atomic mass is 16.5. The molecule has 3 N–H and O–H groups in total. The van der Waals surface area contributed by atoms with E-state index in [-0.39, 0.29) is 0 Å². The van der Waals surface area contributed by atoms with Crippen molar-refractivity contribution < 1.29 is 5.21 Å². The molecule has 1 rings (SSSR count). The van der Waals surface area contributed by atoms with Crippen molar-refractivity contribution in [3.63, 3.8) is 0 Å². The van der Waals surface area contributed by atoms with Crippen molar-refractivity contribution in [2.24, 2.45) is 0 Å². The van der Waals surface area contributed by atoms with Gasteiger partial charge in [-0.2, -0.15) is 0 Å². The summed E-state index contributed by atoms with van der Waals surface area (Å²) in [4.78, 5) is 3.89. The fraction of sp³-hybridized carbons (Fsp3) is 0.167. The zero-order valence-corrected chi connectivity index (χ0v) is 5.41. The highest BCUT2D eigenvalue weighted by Gasteiger charge is 1.87. The fourth-order valence-corrected chi connectivity index (χ4v) is 0.644. The smallest absolute Gasteiger partial charge is 0.0388 e. The number of nitrogens with one attached hydrogen (secondary N) is 2. The first kappa shape index (κ1) is 7.14. The SMILES string of the molecule is ONNCc1cccnc1. The minimum Gasteiger partial charge on any atom is -0.302 e. The van der Waals surface area contributed by atoms with Gasteiger partial charge < -0.3 is 5.21 Å². The van der Waals surface area contributed by atoms with Crippen molar-refractivity contribution in [2.75, 3.05) is 0 Å². The van der Waals surface area contributed by atoms with Gasteiger partial charge in [0.2, 0.25) is 0 Å². The molecule has 0 saturated heterocycles. The first-order valence-electron chi connectivity index (χ1n) is 2.94. The average molecular weight is 139 g/mol. The van der Waals surface area contributed by atoms with E-state index in [1.165, 1.54) is 0 Å². The molecule has 0 radical (unpaired) electrons. The number of hydrogen-bond acceptors (Lipinski definition) is 4. The lowest BCUT2D eigenvalue weighted by molar-refractivity contribution is 0.118. The molecule has 0 aliphatic carbocycles. The Labute approximate surface area is 58.8 Å². The van der Waals surface area contributed by atoms with Crippen molar-refractivity contribution in [1.82, 2.24) is 16.0 Å². The Bertz CT molecular complexity index is 178. The van der Waals surface area contributed by atoms with Crippen LogP contribution in [0.4, 0.5) is 0 Å². The van der Waals surface area contributed by atoms with Crippen LogP contribution < -0.4 is 11.0 Å². The summed E-state index contributed by atoms with van der Waals surface area (Å²) in [6.07, 6.45) is 3.43. The maximum atomic E-state index is 8.15. The molecule has 0 spiro atoms. The van der Waals surface area contributed by atoms with E-state index in [2.05, 4.69) is 10.4 Å². The molecule has 0 amide bonds. The molecule has 4 nitrogen and oxygen atoms in total. The van der Waals surface area contributed by atoms with Crippen LogP contribution in [0.5, 0.6) is 0 Å². The molecule has 0 unspecified atom stereocenters. The Hall–Kier alpha value is -0.970. The summed E-state index contributed by atoms with van der Waals surface area (Å²) < 4.78 is 0. The van der Waals surface area contributed by atoms with Crippen LogP contribution in [-0.2, 0) is 6.54 Å². The monoisotopic (exact) mass is 139 g/mol. The minimum atomic E-state index is 0.560. The first-order chi connectivity index (χ1) is 4.93. The predicted molar refractivity (Wildman–Crippen MR) is 36.0 cm³/mol. The lowest BCUT2D eigenvalue weighted by Gasteiger charge is -1.99. The Kier molecular flexibility index (Phi) is 2.82. The Morgan fingerprint density at radius 3 is 3.10 bits per heavy atom. The second-order valence-electron chi connectivity index (χ2n) is 1.83. The highest BCUT2D eigenvalue weighted by Crippen LogP contribution is 1.92. The van der Waals surface area contributed by atoms with Crippen LogP contribution in [0.3, 0.4) is 0 Å². The lowest BCUT2D eigenvalue weighted by atomic mass is 10.3. The lowest BCUT2D eigenvalue weighted by Crippen LogP contribution is -2.27. The van der Waals surface area contributed by atoms with Crippen molar-refractivity contribution in [2.45, 2.75) is 6.54 Å². The molecule has 0 aliphatic rings. The van der Waals surface area contributed by atoms with Gasteiger partial charge >= 0.3 is 0 Å². The molecule has 1 aromatic rings. The Balaban J connectivity index is 2.43. The minimum absolute atomic E-state index is 0.560. The van der Waals surface area contributed by atoms with Crippen LogP contribution in [0, 0.1) is 0 Å². The molecule has 0 aliphatic heterocycles. The molecular formula is C6H9N3O. The number of aromatic nitrogens is 1. The van der Waals surface area contributed by atoms with E-state index >= 15 is 0 Å². The van der Waals surface area contributed by atoms with Gasteiger partial charge in [0.1, 0.15) is 0 Å². The maximum Gasteiger partial charge on any atom is 0.0388 e. The molecule has 0 aromatic carbocycles. The summed E-state index contributed by atoms with van der Waals surface area (Å²) in [6.45, 7) is 0.560. The molecule has 1 heterocycles. The summed E-state index contributed by atoms with van der Waals surface area (Å²) >= 11 is 0. The first-order valence-corrected chi connectivity index (χ1v) is 2.94. The van der Waals surface area contributed by atoms with Crippen LogP contribution >= 0.6 is 0 Å². The van der Waals surface area contributed by atoms with Crippen LogP contribution in [-0.4, -0.2) is 10.2 Å². The highest BCUT2D eigenvalue weighted by molar-refractivity contribution is 5.07. The molecule has 54 valence electrons. The third-order valence-corrected chi connectivity index (χ3v) is 1.09. The topological polar surface area (TPSA) is 57.2 Å². The van der Waals surface area contributed by atoms with E-state index in [0.717, 1.165) is 5.56 Å². The van der Waals surface area contributed by atoms with Crippen LogP contribution in [0.15, 0.2) is 24.5 Å². The van der Waals surface area contributed by atoms with E-state index in [1.54, 1.807) is 12.4 Å². The second kappa shape index (κ2) is 3.94. The maximum absolute atomic E-state index is 8.15. The molecule has 4 heteroatoms. The van der Waals surface area contributed by atoms with Crippen LogP contribution in [0.2, 0.25) is 0 Å². The van der Waals surface area contributed by atoms with Gasteiger partial charge in [-0.1, -0.05) is 6.07 Å². The van der Waals surface area contributed by atoms with Crippen LogP contribution in [0.25, 0.3) is 0 Å². The van der Waals surface area contributed by atoms with Gasteiger partial charge in [-0.3, -0.25) is 4.98 Å². The summed E-state index contributed by atoms with van der Waals surface area (Å²) in [5, 5.41) is 8.15. The number of pyridine rings is 1. The molecular weight excluding hydrogens is 130 g/mol. The zero-order valence-electron chi connectivity index (χ0n) is 5.41. The summed E-state index contributed by atoms with van der Waals surface area (Å²) in [5.74, 6) is 0. The zero-order chi connectivity index (χ0) is 7.23. The molecule has 0 saturated carbocycles. The van der Waals surface area contributed by atoms with Crippen LogP contribution in [0.1, 0.15) is 5.56 Å². The summed E-state index contributed by atoms with van der Waals surface area (Å²) in [6, 6.07) is 3.76. The van der Waals surface area contributed by atoms with Crippen molar-refractivity contribution in [3.8, 4) is 0 Å². The van der Waals surface area contributed by atoms with Gasteiger partial charge in [-0.25, -0.2) is 5.43 Å². The summed E-state index contributed by atoms with van der Waals surface area (Å²) in [7, 11) is 0. The molecule has 10 heavy (non-hydrogen) atoms. The van der Waals surface area contributed by atoms with Gasteiger partial charge in [0, 0.05) is 18.9 Å². The number of nitrogens with zero attached hydrogens (tertiary/aromatic N) is 1. The van der Waals surface area contributed by atoms with E-state index in [1.807, 2.05) is 17.7 Å². The van der Waals surface area contributed by atoms with Gasteiger partial charge in [0.15, 0.2) is 0 Å². The third kappa shape index (κ3) is 2.10. The quantitative estimate of drug-likeness (QED) is 0.518. The molecule has 1 aromatic heterocycles. The van der Waals surface area contributed by atoms with Crippen molar-refractivity contribution >= 4 is 0 Å². The number of rotatable bonds is 3. The van der Waals surface area contributed by atoms with E-state index in [0.29, 0.717) is 6.54 Å². The van der Waals surface area contributed by atoms with E-state index in [4.69, 9.17) is 5.21 Å².